The van der Waals surface area contributed by atoms with Crippen molar-refractivity contribution in [1.29, 1.82) is 0 Å². The molecule has 4 rings (SSSR count). The van der Waals surface area contributed by atoms with Crippen molar-refractivity contribution in [3.63, 3.8) is 0 Å². The monoisotopic (exact) mass is 568 g/mol. The van der Waals surface area contributed by atoms with Gasteiger partial charge >= 0.3 is 5.97 Å². The van der Waals surface area contributed by atoms with Gasteiger partial charge in [-0.05, 0) is 60.7 Å². The number of aromatic nitrogens is 1. The van der Waals surface area contributed by atoms with Crippen molar-refractivity contribution in [2.45, 2.75) is 13.3 Å². The molecule has 13 heteroatoms. The number of halogens is 1. The number of nitrogens with one attached hydrogen (secondary N) is 1. The third-order valence-corrected chi connectivity index (χ3v) is 6.70. The van der Waals surface area contributed by atoms with Crippen molar-refractivity contribution in [2.24, 2.45) is 0 Å². The molecule has 0 saturated carbocycles. The minimum Gasteiger partial charge on any atom is -0.462 e. The molecule has 1 saturated heterocycles. The van der Waals surface area contributed by atoms with Crippen molar-refractivity contribution in [1.82, 2.24) is 9.47 Å². The first-order valence-electron chi connectivity index (χ1n) is 11.6. The Kier molecular flexibility index (Phi) is 8.47. The maximum atomic E-state index is 13.0. The van der Waals surface area contributed by atoms with Crippen LogP contribution in [0.25, 0.3) is 11.8 Å². The molecule has 1 aliphatic heterocycles. The molecule has 3 aromatic rings. The molecule has 3 amide bonds. The second-order valence-electron chi connectivity index (χ2n) is 8.23. The first-order valence-corrected chi connectivity index (χ1v) is 12.8. The summed E-state index contributed by atoms with van der Waals surface area (Å²) in [5.74, 6) is -1.95. The van der Waals surface area contributed by atoms with Crippen LogP contribution in [0.4, 0.5) is 16.2 Å². The third kappa shape index (κ3) is 6.36. The molecule has 0 bridgehead atoms. The van der Waals surface area contributed by atoms with Crippen LogP contribution in [0.2, 0.25) is 5.02 Å². The molecule has 39 heavy (non-hydrogen) atoms. The van der Waals surface area contributed by atoms with Gasteiger partial charge in [-0.25, -0.2) is 4.79 Å². The summed E-state index contributed by atoms with van der Waals surface area (Å²) in [6.45, 7) is 1.51. The van der Waals surface area contributed by atoms with Crippen LogP contribution in [0.3, 0.4) is 0 Å². The average Bonchev–Trinajstić information content (AvgIpc) is 3.48. The number of non-ortho nitro benzene ring substituents is 1. The number of hydrogen-bond donors (Lipinski definition) is 1. The Morgan fingerprint density at radius 3 is 2.69 bits per heavy atom. The molecule has 2 heterocycles. The lowest BCUT2D eigenvalue weighted by Gasteiger charge is -2.13. The van der Waals surface area contributed by atoms with Gasteiger partial charge in [-0.3, -0.25) is 29.4 Å². The van der Waals surface area contributed by atoms with E-state index in [-0.39, 0.29) is 33.5 Å². The highest BCUT2D eigenvalue weighted by molar-refractivity contribution is 8.18. The number of carbonyl (C=O) groups excluding carboxylic acids is 4. The number of rotatable bonds is 9. The summed E-state index contributed by atoms with van der Waals surface area (Å²) in [5.41, 5.74) is 1.23. The quantitative estimate of drug-likeness (QED) is 0.159. The van der Waals surface area contributed by atoms with Crippen molar-refractivity contribution < 1.29 is 28.8 Å². The van der Waals surface area contributed by atoms with E-state index in [1.165, 1.54) is 36.4 Å². The van der Waals surface area contributed by atoms with Crippen LogP contribution in [0, 0.1) is 10.1 Å². The molecule has 0 atom stereocenters. The predicted octanol–water partition coefficient (Wildman–Crippen LogP) is 5.28. The average molecular weight is 569 g/mol. The lowest BCUT2D eigenvalue weighted by Crippen LogP contribution is -2.36. The summed E-state index contributed by atoms with van der Waals surface area (Å²) < 4.78 is 6.72. The van der Waals surface area contributed by atoms with Gasteiger partial charge in [0.25, 0.3) is 16.8 Å². The maximum absolute atomic E-state index is 13.0. The van der Waals surface area contributed by atoms with Crippen molar-refractivity contribution in [3.8, 4) is 5.69 Å². The highest BCUT2D eigenvalue weighted by Gasteiger charge is 2.36. The molecular formula is C26H21ClN4O7S. The van der Waals surface area contributed by atoms with Gasteiger partial charge in [0.15, 0.2) is 0 Å². The number of hydrogen-bond acceptors (Lipinski definition) is 8. The van der Waals surface area contributed by atoms with Crippen LogP contribution in [-0.4, -0.2) is 50.6 Å². The van der Waals surface area contributed by atoms with Crippen molar-refractivity contribution in [3.05, 3.63) is 92.1 Å². The molecule has 0 unspecified atom stereocenters. The van der Waals surface area contributed by atoms with Crippen molar-refractivity contribution >= 4 is 63.8 Å². The zero-order valence-electron chi connectivity index (χ0n) is 20.5. The number of benzene rings is 2. The summed E-state index contributed by atoms with van der Waals surface area (Å²) in [5, 5.41) is 13.2. The van der Waals surface area contributed by atoms with Crippen LogP contribution < -0.4 is 5.32 Å². The fourth-order valence-electron chi connectivity index (χ4n) is 3.65. The van der Waals surface area contributed by atoms with Gasteiger partial charge in [-0.2, -0.15) is 0 Å². The Morgan fingerprint density at radius 2 is 1.95 bits per heavy atom. The van der Waals surface area contributed by atoms with Crippen LogP contribution in [0.5, 0.6) is 0 Å². The van der Waals surface area contributed by atoms with Gasteiger partial charge in [0, 0.05) is 29.7 Å². The third-order valence-electron chi connectivity index (χ3n) is 5.46. The molecule has 1 fully saturated rings. The number of thioether (sulfide) groups is 1. The number of nitrogens with zero attached hydrogens (tertiary/aromatic N) is 3. The zero-order valence-corrected chi connectivity index (χ0v) is 22.0. The van der Waals surface area contributed by atoms with Gasteiger partial charge in [0.05, 0.1) is 32.7 Å². The fourth-order valence-corrected chi connectivity index (χ4v) is 4.67. The highest BCUT2D eigenvalue weighted by Crippen LogP contribution is 2.33. The molecule has 1 N–H and O–H groups in total. The largest absolute Gasteiger partial charge is 0.462 e. The Hall–Kier alpha value is -4.42. The van der Waals surface area contributed by atoms with E-state index in [4.69, 9.17) is 16.3 Å². The number of nitro benzene ring substituents is 1. The van der Waals surface area contributed by atoms with E-state index >= 15 is 0 Å². The zero-order chi connectivity index (χ0) is 28.1. The molecule has 0 radical (unpaired) electrons. The SMILES string of the molecule is CCCOC(=O)c1cc(NC(=O)CN2C(=O)S/C(=C\c3cccn3-c3cccc([N+](=O)[O-])c3)C2=O)ccc1Cl. The predicted molar refractivity (Wildman–Crippen MR) is 146 cm³/mol. The summed E-state index contributed by atoms with van der Waals surface area (Å²) >= 11 is 6.75. The Labute approximate surface area is 231 Å². The molecule has 0 aliphatic carbocycles. The standard InChI is InChI=1S/C26H21ClN4O7S/c1-2-11-38-25(34)20-12-16(8-9-21(20)27)28-23(32)15-30-24(33)22(39-26(30)35)14-18-7-4-10-29(18)17-5-3-6-19(13-17)31(36)37/h3-10,12-14H,2,11,15H2,1H3,(H,28,32)/b22-14-. The Balaban J connectivity index is 1.47. The molecular weight excluding hydrogens is 548 g/mol. The highest BCUT2D eigenvalue weighted by atomic mass is 35.5. The lowest BCUT2D eigenvalue weighted by molar-refractivity contribution is -0.384. The smallest absolute Gasteiger partial charge is 0.339 e. The van der Waals surface area contributed by atoms with Gasteiger partial charge in [-0.1, -0.05) is 24.6 Å². The molecule has 2 aromatic carbocycles. The second kappa shape index (κ2) is 12.0. The normalized spacial score (nSPS) is 14.1. The summed E-state index contributed by atoms with van der Waals surface area (Å²) in [6.07, 6.45) is 3.78. The Bertz CT molecular complexity index is 1520. The molecule has 0 spiro atoms. The topological polar surface area (TPSA) is 141 Å². The first kappa shape index (κ1) is 27.6. The van der Waals surface area contributed by atoms with Crippen LogP contribution in [-0.2, 0) is 14.3 Å². The van der Waals surface area contributed by atoms with E-state index in [2.05, 4.69) is 5.32 Å². The minimum atomic E-state index is -0.660. The molecule has 200 valence electrons. The number of esters is 1. The molecule has 11 nitrogen and oxygen atoms in total. The molecule has 1 aliphatic rings. The first-order chi connectivity index (χ1) is 18.7. The number of anilines is 1. The van der Waals surface area contributed by atoms with Crippen molar-refractivity contribution in [2.75, 3.05) is 18.5 Å². The number of imide groups is 1. The van der Waals surface area contributed by atoms with Crippen LogP contribution in [0.1, 0.15) is 29.4 Å². The van der Waals surface area contributed by atoms with E-state index in [0.29, 0.717) is 29.6 Å². The van der Waals surface area contributed by atoms with Crippen LogP contribution >= 0.6 is 23.4 Å². The van der Waals surface area contributed by atoms with E-state index in [1.807, 2.05) is 6.92 Å². The van der Waals surface area contributed by atoms with Crippen LogP contribution in [0.15, 0.2) is 65.7 Å². The Morgan fingerprint density at radius 1 is 1.15 bits per heavy atom. The lowest BCUT2D eigenvalue weighted by atomic mass is 10.2. The number of nitro groups is 1. The van der Waals surface area contributed by atoms with E-state index in [9.17, 15) is 29.3 Å². The number of carbonyl (C=O) groups is 4. The van der Waals surface area contributed by atoms with E-state index < -0.39 is 34.5 Å². The minimum absolute atomic E-state index is 0.0729. The fraction of sp³-hybridized carbons (Fsp3) is 0.154. The van der Waals surface area contributed by atoms with E-state index in [1.54, 1.807) is 35.0 Å². The summed E-state index contributed by atoms with van der Waals surface area (Å²) in [7, 11) is 0. The number of amides is 3. The van der Waals surface area contributed by atoms with Gasteiger partial charge < -0.3 is 14.6 Å². The number of ether oxygens (including phenoxy) is 1. The summed E-state index contributed by atoms with van der Waals surface area (Å²) in [6, 6.07) is 13.6. The van der Waals surface area contributed by atoms with Gasteiger partial charge in [0.2, 0.25) is 5.91 Å². The summed E-state index contributed by atoms with van der Waals surface area (Å²) in [4.78, 5) is 61.9. The maximum Gasteiger partial charge on any atom is 0.339 e. The van der Waals surface area contributed by atoms with Gasteiger partial charge in [0.1, 0.15) is 6.54 Å². The van der Waals surface area contributed by atoms with Gasteiger partial charge in [-0.15, -0.1) is 0 Å². The second-order valence-corrected chi connectivity index (χ2v) is 9.63. The molecule has 1 aromatic heterocycles. The van der Waals surface area contributed by atoms with E-state index in [0.717, 1.165) is 4.90 Å².